The molecular weight excluding hydrogens is 159 g/mol. The molecule has 0 radical (unpaired) electrons. The monoisotopic (exact) mass is 170 g/mol. The van der Waals surface area contributed by atoms with Crippen molar-refractivity contribution in [2.24, 2.45) is 0 Å². The van der Waals surface area contributed by atoms with Crippen LogP contribution in [-0.4, -0.2) is 18.0 Å². The highest BCUT2D eigenvalue weighted by Crippen LogP contribution is 2.34. The molecule has 0 bridgehead atoms. The molecule has 1 saturated heterocycles. The van der Waals surface area contributed by atoms with Crippen LogP contribution in [0.4, 0.5) is 4.39 Å². The number of hydrogen-bond donors (Lipinski definition) is 0. The highest BCUT2D eigenvalue weighted by molar-refractivity contribution is 5.23. The van der Waals surface area contributed by atoms with Gasteiger partial charge in [-0.15, -0.1) is 0 Å². The van der Waals surface area contributed by atoms with E-state index in [2.05, 4.69) is 0 Å². The van der Waals surface area contributed by atoms with Crippen LogP contribution in [-0.2, 0) is 9.47 Å². The molecule has 1 heterocycles. The minimum atomic E-state index is -0.671. The van der Waals surface area contributed by atoms with E-state index >= 15 is 0 Å². The fraction of sp³-hybridized carbons (Fsp3) is 0.556. The maximum atomic E-state index is 13.1. The Morgan fingerprint density at radius 1 is 1.42 bits per heavy atom. The van der Waals surface area contributed by atoms with Crippen molar-refractivity contribution in [2.45, 2.75) is 31.8 Å². The molecule has 0 aromatic carbocycles. The summed E-state index contributed by atoms with van der Waals surface area (Å²) in [6.45, 7) is 3.57. The minimum absolute atomic E-state index is 0.256. The van der Waals surface area contributed by atoms with Gasteiger partial charge in [0.25, 0.3) is 0 Å². The van der Waals surface area contributed by atoms with Crippen molar-refractivity contribution < 1.29 is 13.9 Å². The van der Waals surface area contributed by atoms with E-state index in [1.807, 2.05) is 6.08 Å². The minimum Gasteiger partial charge on any atom is -0.340 e. The summed E-state index contributed by atoms with van der Waals surface area (Å²) in [6.07, 6.45) is 4.07. The fourth-order valence-electron chi connectivity index (χ4n) is 1.50. The molecule has 1 fully saturated rings. The van der Waals surface area contributed by atoms with Crippen LogP contribution in [0.15, 0.2) is 24.1 Å². The summed E-state index contributed by atoms with van der Waals surface area (Å²) in [7, 11) is 0. The predicted molar refractivity (Wildman–Crippen MR) is 42.2 cm³/mol. The standard InChI is InChI=1S/C9H11FO2/c1-9(2)11-7-5-3-4-6(10)8(7)12-9/h3-5,7-8H,1-2H3/t7-,8+/m1/s1. The molecule has 2 aliphatic rings. The van der Waals surface area contributed by atoms with Gasteiger partial charge in [-0.05, 0) is 19.9 Å². The Morgan fingerprint density at radius 3 is 2.83 bits per heavy atom. The number of rotatable bonds is 0. The lowest BCUT2D eigenvalue weighted by Crippen LogP contribution is -2.23. The molecule has 0 N–H and O–H groups in total. The lowest BCUT2D eigenvalue weighted by atomic mass is 10.1. The normalized spacial score (nSPS) is 37.8. The quantitative estimate of drug-likeness (QED) is 0.553. The Bertz CT molecular complexity index is 255. The Balaban J connectivity index is 2.24. The number of ether oxygens (including phenoxy) is 2. The fourth-order valence-corrected chi connectivity index (χ4v) is 1.50. The summed E-state index contributed by atoms with van der Waals surface area (Å²) >= 11 is 0. The molecule has 0 aromatic heterocycles. The average Bonchev–Trinajstić information content (AvgIpc) is 2.25. The maximum Gasteiger partial charge on any atom is 0.164 e. The smallest absolute Gasteiger partial charge is 0.164 e. The maximum absolute atomic E-state index is 13.1. The van der Waals surface area contributed by atoms with Gasteiger partial charge < -0.3 is 9.47 Å². The van der Waals surface area contributed by atoms with E-state index in [0.29, 0.717) is 0 Å². The van der Waals surface area contributed by atoms with Gasteiger partial charge in [-0.3, -0.25) is 0 Å². The molecule has 0 saturated carbocycles. The van der Waals surface area contributed by atoms with Crippen LogP contribution in [0.5, 0.6) is 0 Å². The van der Waals surface area contributed by atoms with Crippen molar-refractivity contribution in [3.05, 3.63) is 24.1 Å². The van der Waals surface area contributed by atoms with Gasteiger partial charge in [0.15, 0.2) is 5.79 Å². The third-order valence-corrected chi connectivity index (χ3v) is 1.96. The van der Waals surface area contributed by atoms with Crippen molar-refractivity contribution >= 4 is 0 Å². The molecule has 66 valence electrons. The van der Waals surface area contributed by atoms with Crippen LogP contribution in [0, 0.1) is 0 Å². The highest BCUT2D eigenvalue weighted by Gasteiger charge is 2.43. The number of fused-ring (bicyclic) bond motifs is 1. The molecule has 1 aliphatic heterocycles. The van der Waals surface area contributed by atoms with Gasteiger partial charge in [-0.25, -0.2) is 4.39 Å². The highest BCUT2D eigenvalue weighted by atomic mass is 19.1. The Hall–Kier alpha value is -0.670. The van der Waals surface area contributed by atoms with Crippen molar-refractivity contribution in [3.63, 3.8) is 0 Å². The second kappa shape index (κ2) is 2.41. The summed E-state index contributed by atoms with van der Waals surface area (Å²) in [4.78, 5) is 0. The topological polar surface area (TPSA) is 18.5 Å². The van der Waals surface area contributed by atoms with E-state index < -0.39 is 11.9 Å². The van der Waals surface area contributed by atoms with Crippen LogP contribution in [0.3, 0.4) is 0 Å². The van der Waals surface area contributed by atoms with Crippen LogP contribution >= 0.6 is 0 Å². The van der Waals surface area contributed by atoms with Crippen molar-refractivity contribution in [3.8, 4) is 0 Å². The first-order valence-corrected chi connectivity index (χ1v) is 3.98. The third kappa shape index (κ3) is 1.19. The summed E-state index contributed by atoms with van der Waals surface area (Å²) in [5.41, 5.74) is 0. The first-order valence-electron chi connectivity index (χ1n) is 3.98. The molecule has 1 aliphatic carbocycles. The first kappa shape index (κ1) is 7.95. The van der Waals surface area contributed by atoms with Gasteiger partial charge in [0.1, 0.15) is 18.0 Å². The van der Waals surface area contributed by atoms with Crippen LogP contribution < -0.4 is 0 Å². The van der Waals surface area contributed by atoms with Crippen LogP contribution in [0.1, 0.15) is 13.8 Å². The molecule has 0 spiro atoms. The van der Waals surface area contributed by atoms with E-state index in [1.54, 1.807) is 19.9 Å². The van der Waals surface area contributed by atoms with Crippen LogP contribution in [0.2, 0.25) is 0 Å². The molecular formula is C9H11FO2. The Labute approximate surface area is 70.7 Å². The zero-order valence-electron chi connectivity index (χ0n) is 7.08. The number of hydrogen-bond acceptors (Lipinski definition) is 2. The van der Waals surface area contributed by atoms with E-state index in [4.69, 9.17) is 9.47 Å². The van der Waals surface area contributed by atoms with E-state index in [9.17, 15) is 4.39 Å². The van der Waals surface area contributed by atoms with Gasteiger partial charge in [0, 0.05) is 0 Å². The number of halogens is 1. The molecule has 3 heteroatoms. The van der Waals surface area contributed by atoms with E-state index in [0.717, 1.165) is 0 Å². The Kier molecular flexibility index (Phi) is 1.59. The third-order valence-electron chi connectivity index (χ3n) is 1.96. The van der Waals surface area contributed by atoms with E-state index in [-0.39, 0.29) is 11.9 Å². The summed E-state index contributed by atoms with van der Waals surface area (Å²) in [5, 5.41) is 0. The second-order valence-electron chi connectivity index (χ2n) is 3.46. The summed E-state index contributed by atoms with van der Waals surface area (Å²) < 4.78 is 23.9. The van der Waals surface area contributed by atoms with Crippen molar-refractivity contribution in [1.29, 1.82) is 0 Å². The summed E-state index contributed by atoms with van der Waals surface area (Å²) in [5.74, 6) is -0.928. The number of allylic oxidation sites excluding steroid dienone is 2. The molecule has 2 nitrogen and oxygen atoms in total. The SMILES string of the molecule is CC1(C)O[C@@H]2C=CC=C(F)[C@@H]2O1. The largest absolute Gasteiger partial charge is 0.340 e. The summed E-state index contributed by atoms with van der Waals surface area (Å²) in [6, 6.07) is 0. The molecule has 2 atom stereocenters. The molecule has 12 heavy (non-hydrogen) atoms. The van der Waals surface area contributed by atoms with Gasteiger partial charge in [0.2, 0.25) is 0 Å². The van der Waals surface area contributed by atoms with Gasteiger partial charge in [-0.1, -0.05) is 12.2 Å². The zero-order valence-corrected chi connectivity index (χ0v) is 7.08. The average molecular weight is 170 g/mol. The molecule has 2 rings (SSSR count). The second-order valence-corrected chi connectivity index (χ2v) is 3.46. The lowest BCUT2D eigenvalue weighted by Gasteiger charge is -2.15. The van der Waals surface area contributed by atoms with Crippen LogP contribution in [0.25, 0.3) is 0 Å². The van der Waals surface area contributed by atoms with Crippen molar-refractivity contribution in [1.82, 2.24) is 0 Å². The van der Waals surface area contributed by atoms with Crippen molar-refractivity contribution in [2.75, 3.05) is 0 Å². The Morgan fingerprint density at radius 2 is 2.17 bits per heavy atom. The van der Waals surface area contributed by atoms with Gasteiger partial charge >= 0.3 is 0 Å². The lowest BCUT2D eigenvalue weighted by molar-refractivity contribution is -0.140. The van der Waals surface area contributed by atoms with Gasteiger partial charge in [0.05, 0.1) is 0 Å². The van der Waals surface area contributed by atoms with E-state index in [1.165, 1.54) is 6.08 Å². The predicted octanol–water partition coefficient (Wildman–Crippen LogP) is 1.93. The molecule has 0 amide bonds. The molecule has 0 aromatic rings. The first-order chi connectivity index (χ1) is 5.58. The van der Waals surface area contributed by atoms with Gasteiger partial charge in [-0.2, -0.15) is 0 Å². The molecule has 0 unspecified atom stereocenters. The zero-order chi connectivity index (χ0) is 8.77.